The normalized spacial score (nSPS) is 10.5. The van der Waals surface area contributed by atoms with Gasteiger partial charge in [0.25, 0.3) is 0 Å². The molecule has 62 valence electrons. The maximum absolute atomic E-state index is 9.40. The third-order valence-corrected chi connectivity index (χ3v) is 2.06. The average molecular weight is 155 g/mol. The summed E-state index contributed by atoms with van der Waals surface area (Å²) in [5, 5.41) is 18.8. The van der Waals surface area contributed by atoms with Gasteiger partial charge in [0.15, 0.2) is 11.8 Å². The lowest BCUT2D eigenvalue weighted by molar-refractivity contribution is 0.371. The molecular weight excluding hydrogens is 142 g/mol. The molecule has 1 heterocycles. The molecule has 0 saturated carbocycles. The Labute approximate surface area is 65.9 Å². The van der Waals surface area contributed by atoms with E-state index >= 15 is 0 Å². The average Bonchev–Trinajstić information content (AvgIpc) is 2.17. The van der Waals surface area contributed by atoms with Crippen LogP contribution in [0.25, 0.3) is 0 Å². The molecule has 0 fully saturated rings. The van der Waals surface area contributed by atoms with Crippen molar-refractivity contribution in [1.29, 1.82) is 0 Å². The predicted molar refractivity (Wildman–Crippen MR) is 42.9 cm³/mol. The summed E-state index contributed by atoms with van der Waals surface area (Å²) in [4.78, 5) is 0. The van der Waals surface area contributed by atoms with E-state index in [9.17, 15) is 10.2 Å². The fourth-order valence-corrected chi connectivity index (χ4v) is 1.14. The maximum Gasteiger partial charge on any atom is 0.197 e. The molecular formula is C8H13NO2. The zero-order valence-corrected chi connectivity index (χ0v) is 7.05. The van der Waals surface area contributed by atoms with E-state index in [0.29, 0.717) is 6.54 Å². The zero-order chi connectivity index (χ0) is 8.59. The van der Waals surface area contributed by atoms with Crippen LogP contribution in [0.1, 0.15) is 18.1 Å². The van der Waals surface area contributed by atoms with Crippen LogP contribution in [0, 0.1) is 13.8 Å². The lowest BCUT2D eigenvalue weighted by atomic mass is 10.2. The van der Waals surface area contributed by atoms with E-state index in [1.807, 2.05) is 6.92 Å². The summed E-state index contributed by atoms with van der Waals surface area (Å²) in [6.45, 7) is 6.04. The van der Waals surface area contributed by atoms with E-state index in [-0.39, 0.29) is 11.8 Å². The topological polar surface area (TPSA) is 45.4 Å². The van der Waals surface area contributed by atoms with E-state index in [2.05, 4.69) is 0 Å². The Morgan fingerprint density at radius 3 is 1.64 bits per heavy atom. The second-order valence-corrected chi connectivity index (χ2v) is 2.64. The van der Waals surface area contributed by atoms with Gasteiger partial charge in [0.1, 0.15) is 0 Å². The van der Waals surface area contributed by atoms with Gasteiger partial charge in [0.05, 0.1) is 0 Å². The van der Waals surface area contributed by atoms with Crippen molar-refractivity contribution < 1.29 is 10.2 Å². The van der Waals surface area contributed by atoms with Crippen LogP contribution >= 0.6 is 0 Å². The van der Waals surface area contributed by atoms with Gasteiger partial charge in [-0.25, -0.2) is 0 Å². The van der Waals surface area contributed by atoms with Crippen LogP contribution in [-0.4, -0.2) is 14.8 Å². The number of aromatic hydroxyl groups is 2. The Balaban J connectivity index is 3.36. The van der Waals surface area contributed by atoms with Gasteiger partial charge in [-0.05, 0) is 20.8 Å². The van der Waals surface area contributed by atoms with Gasteiger partial charge in [0.2, 0.25) is 0 Å². The van der Waals surface area contributed by atoms with E-state index in [4.69, 9.17) is 0 Å². The summed E-state index contributed by atoms with van der Waals surface area (Å²) in [7, 11) is 0. The minimum absolute atomic E-state index is 0.169. The molecule has 0 aliphatic heterocycles. The Hall–Kier alpha value is -1.12. The molecule has 0 saturated heterocycles. The summed E-state index contributed by atoms with van der Waals surface area (Å²) < 4.78 is 1.48. The molecule has 3 heteroatoms. The Morgan fingerprint density at radius 2 is 1.45 bits per heavy atom. The monoisotopic (exact) mass is 155 g/mol. The van der Waals surface area contributed by atoms with Crippen LogP contribution < -0.4 is 0 Å². The molecule has 0 amide bonds. The third-order valence-electron chi connectivity index (χ3n) is 2.06. The largest absolute Gasteiger partial charge is 0.494 e. The SMILES string of the molecule is CCn1c(O)c(C)c(C)c1O. The molecule has 2 N–H and O–H groups in total. The summed E-state index contributed by atoms with van der Waals surface area (Å²) in [5.41, 5.74) is 1.51. The molecule has 0 atom stereocenters. The van der Waals surface area contributed by atoms with Crippen LogP contribution in [0.4, 0.5) is 0 Å². The highest BCUT2D eigenvalue weighted by Gasteiger charge is 2.13. The lowest BCUT2D eigenvalue weighted by Gasteiger charge is -2.00. The molecule has 0 unspecified atom stereocenters. The number of aromatic nitrogens is 1. The maximum atomic E-state index is 9.40. The van der Waals surface area contributed by atoms with Gasteiger partial charge in [-0.2, -0.15) is 0 Å². The van der Waals surface area contributed by atoms with Crippen molar-refractivity contribution in [1.82, 2.24) is 4.57 Å². The molecule has 0 aromatic carbocycles. The highest BCUT2D eigenvalue weighted by Crippen LogP contribution is 2.31. The molecule has 1 rings (SSSR count). The summed E-state index contributed by atoms with van der Waals surface area (Å²) in [5.74, 6) is 0.338. The first kappa shape index (κ1) is 7.98. The molecule has 1 aromatic rings. The Kier molecular flexibility index (Phi) is 1.81. The molecule has 11 heavy (non-hydrogen) atoms. The Bertz CT molecular complexity index is 251. The van der Waals surface area contributed by atoms with Gasteiger partial charge >= 0.3 is 0 Å². The summed E-state index contributed by atoms with van der Waals surface area (Å²) >= 11 is 0. The smallest absolute Gasteiger partial charge is 0.197 e. The van der Waals surface area contributed by atoms with Crippen molar-refractivity contribution in [3.05, 3.63) is 11.1 Å². The van der Waals surface area contributed by atoms with Gasteiger partial charge < -0.3 is 10.2 Å². The highest BCUT2D eigenvalue weighted by molar-refractivity contribution is 5.43. The molecule has 0 aliphatic rings. The van der Waals surface area contributed by atoms with E-state index in [1.54, 1.807) is 13.8 Å². The fourth-order valence-electron chi connectivity index (χ4n) is 1.14. The van der Waals surface area contributed by atoms with Gasteiger partial charge in [-0.15, -0.1) is 0 Å². The van der Waals surface area contributed by atoms with Crippen molar-refractivity contribution >= 4 is 0 Å². The number of hydrogen-bond donors (Lipinski definition) is 2. The van der Waals surface area contributed by atoms with E-state index in [1.165, 1.54) is 4.57 Å². The standard InChI is InChI=1S/C8H13NO2/c1-4-9-7(10)5(2)6(3)8(9)11/h10-11H,4H2,1-3H3. The van der Waals surface area contributed by atoms with Crippen molar-refractivity contribution in [2.75, 3.05) is 0 Å². The van der Waals surface area contributed by atoms with Crippen molar-refractivity contribution in [2.45, 2.75) is 27.3 Å². The van der Waals surface area contributed by atoms with Gasteiger partial charge in [-0.1, -0.05) is 0 Å². The third kappa shape index (κ3) is 0.964. The van der Waals surface area contributed by atoms with E-state index in [0.717, 1.165) is 11.1 Å². The molecule has 1 aromatic heterocycles. The van der Waals surface area contributed by atoms with Gasteiger partial charge in [-0.3, -0.25) is 4.57 Å². The minimum Gasteiger partial charge on any atom is -0.494 e. The first-order chi connectivity index (χ1) is 5.09. The lowest BCUT2D eigenvalue weighted by Crippen LogP contribution is -1.91. The first-order valence-corrected chi connectivity index (χ1v) is 3.67. The molecule has 0 radical (unpaired) electrons. The van der Waals surface area contributed by atoms with Crippen LogP contribution in [0.15, 0.2) is 0 Å². The second kappa shape index (κ2) is 2.49. The number of rotatable bonds is 1. The van der Waals surface area contributed by atoms with Gasteiger partial charge in [0, 0.05) is 17.7 Å². The van der Waals surface area contributed by atoms with Crippen molar-refractivity contribution in [2.24, 2.45) is 0 Å². The van der Waals surface area contributed by atoms with Crippen molar-refractivity contribution in [3.63, 3.8) is 0 Å². The number of nitrogens with zero attached hydrogens (tertiary/aromatic N) is 1. The van der Waals surface area contributed by atoms with Crippen LogP contribution in [-0.2, 0) is 6.54 Å². The fraction of sp³-hybridized carbons (Fsp3) is 0.500. The summed E-state index contributed by atoms with van der Waals surface area (Å²) in [6, 6.07) is 0. The molecule has 0 spiro atoms. The second-order valence-electron chi connectivity index (χ2n) is 2.64. The highest BCUT2D eigenvalue weighted by atomic mass is 16.3. The number of hydrogen-bond acceptors (Lipinski definition) is 2. The summed E-state index contributed by atoms with van der Waals surface area (Å²) in [6.07, 6.45) is 0. The zero-order valence-electron chi connectivity index (χ0n) is 7.05. The quantitative estimate of drug-likeness (QED) is 0.646. The van der Waals surface area contributed by atoms with Crippen LogP contribution in [0.2, 0.25) is 0 Å². The predicted octanol–water partition coefficient (Wildman–Crippen LogP) is 1.54. The first-order valence-electron chi connectivity index (χ1n) is 3.67. The molecule has 0 aliphatic carbocycles. The molecule has 3 nitrogen and oxygen atoms in total. The minimum atomic E-state index is 0.169. The molecule has 0 bridgehead atoms. The van der Waals surface area contributed by atoms with E-state index < -0.39 is 0 Å². The Morgan fingerprint density at radius 1 is 1.09 bits per heavy atom. The van der Waals surface area contributed by atoms with Crippen molar-refractivity contribution in [3.8, 4) is 11.8 Å². The van der Waals surface area contributed by atoms with Crippen LogP contribution in [0.3, 0.4) is 0 Å². The van der Waals surface area contributed by atoms with Crippen LogP contribution in [0.5, 0.6) is 11.8 Å².